The standard InChI is InChI=1S/C11H18N3O14P3S/c1-5(15)12-8-9(17)6(26-10(8)14-3-2-7(16)13-11(14)32)4-25-30(21,22)28-31(23,24)27-29(18,19)20/h2-3,6,8-10,17H,4H2,1H3,(H,12,15)(H,21,22)(H,23,24)(H,13,16,32)(H2,18,19,20)/t6-,8-,9-,10-/m1/s1. The van der Waals surface area contributed by atoms with Crippen molar-refractivity contribution >= 4 is 41.6 Å². The van der Waals surface area contributed by atoms with Crippen molar-refractivity contribution in [3.8, 4) is 0 Å². The topological polar surface area (TPSA) is 256 Å². The van der Waals surface area contributed by atoms with E-state index in [-0.39, 0.29) is 4.77 Å². The maximum atomic E-state index is 11.9. The number of rotatable bonds is 9. The Morgan fingerprint density at radius 3 is 2.41 bits per heavy atom. The molecule has 182 valence electrons. The van der Waals surface area contributed by atoms with Crippen LogP contribution in [-0.2, 0) is 36.4 Å². The number of nitrogens with one attached hydrogen (secondary N) is 2. The molecule has 1 aromatic heterocycles. The molecule has 1 aromatic rings. The summed E-state index contributed by atoms with van der Waals surface area (Å²) in [4.78, 5) is 60.9. The van der Waals surface area contributed by atoms with E-state index in [2.05, 4.69) is 23.4 Å². The molecule has 0 aromatic carbocycles. The molecule has 1 saturated heterocycles. The van der Waals surface area contributed by atoms with Crippen LogP contribution in [0, 0.1) is 4.77 Å². The summed E-state index contributed by atoms with van der Waals surface area (Å²) in [6, 6.07) is -0.102. The van der Waals surface area contributed by atoms with E-state index < -0.39 is 66.0 Å². The van der Waals surface area contributed by atoms with Gasteiger partial charge in [-0.2, -0.15) is 8.62 Å². The molecule has 1 fully saturated rings. The summed E-state index contributed by atoms with van der Waals surface area (Å²) in [7, 11) is -16.8. The Morgan fingerprint density at radius 2 is 1.88 bits per heavy atom. The molecule has 21 heteroatoms. The van der Waals surface area contributed by atoms with Gasteiger partial charge in [-0.25, -0.2) is 13.7 Å². The average Bonchev–Trinajstić information content (AvgIpc) is 2.85. The maximum Gasteiger partial charge on any atom is 0.490 e. The van der Waals surface area contributed by atoms with E-state index in [0.29, 0.717) is 0 Å². The van der Waals surface area contributed by atoms with Crippen molar-refractivity contribution in [2.75, 3.05) is 6.61 Å². The number of carbonyl (C=O) groups is 1. The molecule has 1 amide bonds. The monoisotopic (exact) mass is 541 g/mol. The first kappa shape index (κ1) is 27.1. The van der Waals surface area contributed by atoms with Crippen LogP contribution in [0.2, 0.25) is 0 Å². The van der Waals surface area contributed by atoms with Gasteiger partial charge >= 0.3 is 23.5 Å². The summed E-state index contributed by atoms with van der Waals surface area (Å²) in [5.41, 5.74) is -0.537. The lowest BCUT2D eigenvalue weighted by Crippen LogP contribution is -2.46. The minimum atomic E-state index is -5.73. The van der Waals surface area contributed by atoms with Gasteiger partial charge in [0.2, 0.25) is 5.91 Å². The molecule has 1 aliphatic heterocycles. The highest BCUT2D eigenvalue weighted by Gasteiger charge is 2.47. The number of aromatic amines is 1. The third kappa shape index (κ3) is 7.74. The van der Waals surface area contributed by atoms with Crippen LogP contribution in [0.15, 0.2) is 17.1 Å². The van der Waals surface area contributed by atoms with E-state index in [1.807, 2.05) is 0 Å². The van der Waals surface area contributed by atoms with Crippen molar-refractivity contribution in [1.29, 1.82) is 0 Å². The second-order valence-corrected chi connectivity index (χ2v) is 11.0. The number of aromatic nitrogens is 2. The molecule has 0 bridgehead atoms. The third-order valence-electron chi connectivity index (χ3n) is 3.68. The maximum absolute atomic E-state index is 11.9. The summed E-state index contributed by atoms with van der Waals surface area (Å²) in [6.07, 6.45) is -3.04. The van der Waals surface area contributed by atoms with Crippen LogP contribution < -0.4 is 10.9 Å². The smallest absolute Gasteiger partial charge is 0.388 e. The van der Waals surface area contributed by atoms with Crippen LogP contribution in [0.5, 0.6) is 0 Å². The van der Waals surface area contributed by atoms with Gasteiger partial charge in [0.05, 0.1) is 6.61 Å². The van der Waals surface area contributed by atoms with Gasteiger partial charge in [-0.1, -0.05) is 0 Å². The number of H-pyrrole nitrogens is 1. The molecule has 0 aliphatic carbocycles. The summed E-state index contributed by atoms with van der Waals surface area (Å²) >= 11 is 5.01. The molecule has 0 radical (unpaired) electrons. The van der Waals surface area contributed by atoms with E-state index in [0.717, 1.165) is 13.0 Å². The zero-order valence-electron chi connectivity index (χ0n) is 15.8. The fraction of sp³-hybridized carbons (Fsp3) is 0.545. The zero-order valence-corrected chi connectivity index (χ0v) is 19.3. The van der Waals surface area contributed by atoms with Gasteiger partial charge in [-0.05, 0) is 12.2 Å². The molecule has 2 unspecified atom stereocenters. The largest absolute Gasteiger partial charge is 0.490 e. The second-order valence-electron chi connectivity index (χ2n) is 6.19. The van der Waals surface area contributed by atoms with Crippen molar-refractivity contribution in [2.45, 2.75) is 31.4 Å². The van der Waals surface area contributed by atoms with E-state index in [1.54, 1.807) is 0 Å². The first-order valence-corrected chi connectivity index (χ1v) is 13.1. The van der Waals surface area contributed by atoms with Crippen LogP contribution in [0.1, 0.15) is 13.2 Å². The van der Waals surface area contributed by atoms with Crippen molar-refractivity contribution in [3.63, 3.8) is 0 Å². The fourth-order valence-electron chi connectivity index (χ4n) is 2.61. The average molecular weight is 541 g/mol. The van der Waals surface area contributed by atoms with Gasteiger partial charge < -0.3 is 34.7 Å². The highest BCUT2D eigenvalue weighted by Crippen LogP contribution is 2.66. The first-order chi connectivity index (χ1) is 14.5. The highest BCUT2D eigenvalue weighted by molar-refractivity contribution is 7.71. The Hall–Kier alpha value is -1.10. The molecule has 6 atom stereocenters. The number of carbonyl (C=O) groups excluding carboxylic acids is 1. The normalized spacial score (nSPS) is 27.4. The van der Waals surface area contributed by atoms with Gasteiger partial charge in [0, 0.05) is 19.2 Å². The quantitative estimate of drug-likeness (QED) is 0.146. The lowest BCUT2D eigenvalue weighted by atomic mass is 10.1. The number of phosphoric acid groups is 3. The van der Waals surface area contributed by atoms with Crippen LogP contribution in [-0.4, -0.2) is 65.0 Å². The Bertz CT molecular complexity index is 1110. The molecule has 0 saturated carbocycles. The van der Waals surface area contributed by atoms with Crippen molar-refractivity contribution in [2.24, 2.45) is 0 Å². The van der Waals surface area contributed by atoms with Crippen molar-refractivity contribution in [3.05, 3.63) is 27.4 Å². The van der Waals surface area contributed by atoms with Gasteiger partial charge in [-0.15, -0.1) is 0 Å². The molecule has 32 heavy (non-hydrogen) atoms. The Balaban J connectivity index is 2.17. The predicted octanol–water partition coefficient (Wildman–Crippen LogP) is -0.988. The number of aliphatic hydroxyl groups excluding tert-OH is 1. The second kappa shape index (κ2) is 10.0. The van der Waals surface area contributed by atoms with Crippen molar-refractivity contribution in [1.82, 2.24) is 14.9 Å². The van der Waals surface area contributed by atoms with Crippen LogP contribution in [0.3, 0.4) is 0 Å². The number of ether oxygens (including phenoxy) is 1. The van der Waals surface area contributed by atoms with E-state index in [4.69, 9.17) is 31.6 Å². The number of aliphatic hydroxyl groups is 1. The zero-order chi connectivity index (χ0) is 24.5. The summed E-state index contributed by atoms with van der Waals surface area (Å²) < 4.78 is 52.0. The van der Waals surface area contributed by atoms with Crippen LogP contribution in [0.4, 0.5) is 0 Å². The molecule has 17 nitrogen and oxygen atoms in total. The lowest BCUT2D eigenvalue weighted by Gasteiger charge is -2.23. The summed E-state index contributed by atoms with van der Waals surface area (Å²) in [6.45, 7) is 0.170. The Kier molecular flexibility index (Phi) is 8.51. The van der Waals surface area contributed by atoms with Crippen LogP contribution >= 0.6 is 35.7 Å². The summed E-state index contributed by atoms with van der Waals surface area (Å²) in [5.74, 6) is -0.591. The summed E-state index contributed by atoms with van der Waals surface area (Å²) in [5, 5.41) is 12.9. The van der Waals surface area contributed by atoms with Crippen LogP contribution in [0.25, 0.3) is 0 Å². The number of hydrogen-bond donors (Lipinski definition) is 7. The molecule has 1 aliphatic rings. The molecule has 2 heterocycles. The van der Waals surface area contributed by atoms with Gasteiger partial charge in [0.25, 0.3) is 5.56 Å². The SMILES string of the molecule is CC(=O)N[C@@H]1[C@H](O)[C@@H](COP(=O)(O)OP(=O)(O)OP(=O)(O)O)O[C@H]1n1ccc(=O)[nH]c1=S. The van der Waals surface area contributed by atoms with E-state index in [1.165, 1.54) is 10.8 Å². The van der Waals surface area contributed by atoms with E-state index >= 15 is 0 Å². The number of phosphoric ester groups is 1. The molecule has 2 rings (SSSR count). The van der Waals surface area contributed by atoms with E-state index in [9.17, 15) is 33.3 Å². The highest BCUT2D eigenvalue weighted by atomic mass is 32.1. The predicted molar refractivity (Wildman–Crippen MR) is 103 cm³/mol. The minimum Gasteiger partial charge on any atom is -0.388 e. The lowest BCUT2D eigenvalue weighted by molar-refractivity contribution is -0.121. The van der Waals surface area contributed by atoms with Gasteiger partial charge in [0.15, 0.2) is 11.0 Å². The van der Waals surface area contributed by atoms with Gasteiger partial charge in [0.1, 0.15) is 18.2 Å². The third-order valence-corrected chi connectivity index (χ3v) is 7.80. The molecular weight excluding hydrogens is 523 g/mol. The molecular formula is C11H18N3O14P3S. The number of nitrogens with zero attached hydrogens (tertiary/aromatic N) is 1. The molecule has 0 spiro atoms. The fourth-order valence-corrected chi connectivity index (χ4v) is 5.91. The first-order valence-electron chi connectivity index (χ1n) is 8.20. The Labute approximate surface area is 183 Å². The van der Waals surface area contributed by atoms with Crippen molar-refractivity contribution < 1.29 is 61.1 Å². The number of hydrogen-bond acceptors (Lipinski definition) is 11. The number of amides is 1. The molecule has 7 N–H and O–H groups in total. The Morgan fingerprint density at radius 1 is 1.25 bits per heavy atom. The minimum absolute atomic E-state index is 0.140. The van der Waals surface area contributed by atoms with Gasteiger partial charge in [-0.3, -0.25) is 23.7 Å².